The molecule has 0 amide bonds. The van der Waals surface area contributed by atoms with Gasteiger partial charge in [-0.1, -0.05) is 41.9 Å². The monoisotopic (exact) mass is 310 g/mol. The molecule has 0 radical (unpaired) electrons. The lowest BCUT2D eigenvalue weighted by Gasteiger charge is -2.16. The average Bonchev–Trinajstić information content (AvgIpc) is 3.16. The Labute approximate surface area is 135 Å². The first-order valence-electron chi connectivity index (χ1n) is 7.82. The Kier molecular flexibility index (Phi) is 3.65. The number of fused-ring (bicyclic) bond motifs is 1. The van der Waals surface area contributed by atoms with Gasteiger partial charge in [-0.25, -0.2) is 0 Å². The highest BCUT2D eigenvalue weighted by molar-refractivity contribution is 6.30. The standard InChI is InChI=1S/C19H19ClN2/c20-17-5-3-4-14(10-17)15-8-9-22(12-15)13-16-11-21-19-7-2-1-6-18(16)19/h1-7,10-11,15,21H,8-9,12-13H2. The van der Waals surface area contributed by atoms with Crippen molar-refractivity contribution in [2.45, 2.75) is 18.9 Å². The molecule has 1 saturated heterocycles. The molecule has 3 heteroatoms. The fraction of sp³-hybridized carbons (Fsp3) is 0.263. The number of hydrogen-bond acceptors (Lipinski definition) is 1. The van der Waals surface area contributed by atoms with Gasteiger partial charge in [-0.15, -0.1) is 0 Å². The maximum absolute atomic E-state index is 6.12. The highest BCUT2D eigenvalue weighted by Gasteiger charge is 2.24. The van der Waals surface area contributed by atoms with Gasteiger partial charge in [-0.3, -0.25) is 4.90 Å². The third kappa shape index (κ3) is 2.65. The molecule has 0 bridgehead atoms. The molecule has 0 saturated carbocycles. The topological polar surface area (TPSA) is 19.0 Å². The van der Waals surface area contributed by atoms with Crippen LogP contribution in [0.1, 0.15) is 23.5 Å². The van der Waals surface area contributed by atoms with E-state index < -0.39 is 0 Å². The summed E-state index contributed by atoms with van der Waals surface area (Å²) in [6.45, 7) is 3.28. The van der Waals surface area contributed by atoms with Crippen LogP contribution in [-0.4, -0.2) is 23.0 Å². The van der Waals surface area contributed by atoms with Crippen LogP contribution in [0, 0.1) is 0 Å². The van der Waals surface area contributed by atoms with Crippen molar-refractivity contribution in [2.75, 3.05) is 13.1 Å². The molecule has 112 valence electrons. The smallest absolute Gasteiger partial charge is 0.0457 e. The van der Waals surface area contributed by atoms with E-state index in [0.29, 0.717) is 5.92 Å². The Morgan fingerprint density at radius 2 is 2.05 bits per heavy atom. The highest BCUT2D eigenvalue weighted by Crippen LogP contribution is 2.30. The van der Waals surface area contributed by atoms with Gasteiger partial charge in [0.25, 0.3) is 0 Å². The number of likely N-dealkylation sites (tertiary alicyclic amines) is 1. The lowest BCUT2D eigenvalue weighted by atomic mass is 9.99. The van der Waals surface area contributed by atoms with Crippen LogP contribution >= 0.6 is 11.6 Å². The van der Waals surface area contributed by atoms with E-state index in [1.54, 1.807) is 0 Å². The van der Waals surface area contributed by atoms with Gasteiger partial charge < -0.3 is 4.98 Å². The van der Waals surface area contributed by atoms with Crippen molar-refractivity contribution in [2.24, 2.45) is 0 Å². The summed E-state index contributed by atoms with van der Waals surface area (Å²) in [6.07, 6.45) is 3.36. The van der Waals surface area contributed by atoms with Crippen molar-refractivity contribution in [1.29, 1.82) is 0 Å². The van der Waals surface area contributed by atoms with Crippen LogP contribution in [0.15, 0.2) is 54.7 Å². The van der Waals surface area contributed by atoms with Crippen LogP contribution in [-0.2, 0) is 6.54 Å². The van der Waals surface area contributed by atoms with Gasteiger partial charge in [0.2, 0.25) is 0 Å². The van der Waals surface area contributed by atoms with Crippen LogP contribution in [0.4, 0.5) is 0 Å². The van der Waals surface area contributed by atoms with Crippen molar-refractivity contribution in [3.8, 4) is 0 Å². The van der Waals surface area contributed by atoms with Crippen LogP contribution < -0.4 is 0 Å². The molecule has 2 nitrogen and oxygen atoms in total. The quantitative estimate of drug-likeness (QED) is 0.735. The van der Waals surface area contributed by atoms with Crippen molar-refractivity contribution in [1.82, 2.24) is 9.88 Å². The fourth-order valence-corrected chi connectivity index (χ4v) is 3.71. The van der Waals surface area contributed by atoms with E-state index in [1.165, 1.54) is 28.5 Å². The second-order valence-corrected chi connectivity index (χ2v) is 6.57. The predicted molar refractivity (Wildman–Crippen MR) is 92.4 cm³/mol. The maximum Gasteiger partial charge on any atom is 0.0457 e. The molecule has 1 aromatic heterocycles. The van der Waals surface area contributed by atoms with Gasteiger partial charge in [0.15, 0.2) is 0 Å². The number of hydrogen-bond donors (Lipinski definition) is 1. The van der Waals surface area contributed by atoms with Crippen molar-refractivity contribution in [3.05, 3.63) is 70.9 Å². The van der Waals surface area contributed by atoms with Crippen LogP contribution in [0.5, 0.6) is 0 Å². The summed E-state index contributed by atoms with van der Waals surface area (Å²) >= 11 is 6.12. The van der Waals surface area contributed by atoms with Crippen LogP contribution in [0.2, 0.25) is 5.02 Å². The van der Waals surface area contributed by atoms with Crippen molar-refractivity contribution < 1.29 is 0 Å². The third-order valence-corrected chi connectivity index (χ3v) is 4.90. The van der Waals surface area contributed by atoms with Gasteiger partial charge in [-0.05, 0) is 48.2 Å². The first kappa shape index (κ1) is 13.9. The summed E-state index contributed by atoms with van der Waals surface area (Å²) < 4.78 is 0. The zero-order chi connectivity index (χ0) is 14.9. The minimum Gasteiger partial charge on any atom is -0.361 e. The maximum atomic E-state index is 6.12. The summed E-state index contributed by atoms with van der Waals surface area (Å²) in [4.78, 5) is 5.91. The number of aromatic amines is 1. The average molecular weight is 311 g/mol. The number of H-pyrrole nitrogens is 1. The molecule has 0 aliphatic carbocycles. The molecule has 3 aromatic rings. The van der Waals surface area contributed by atoms with Gasteiger partial charge in [0.05, 0.1) is 0 Å². The normalized spacial score (nSPS) is 19.0. The summed E-state index contributed by atoms with van der Waals surface area (Å²) in [5.74, 6) is 0.601. The number of rotatable bonds is 3. The van der Waals surface area contributed by atoms with Gasteiger partial charge in [-0.2, -0.15) is 0 Å². The zero-order valence-electron chi connectivity index (χ0n) is 12.4. The van der Waals surface area contributed by atoms with Crippen LogP contribution in [0.25, 0.3) is 10.9 Å². The second kappa shape index (κ2) is 5.79. The highest BCUT2D eigenvalue weighted by atomic mass is 35.5. The number of halogens is 1. The lowest BCUT2D eigenvalue weighted by molar-refractivity contribution is 0.328. The Morgan fingerprint density at radius 3 is 2.95 bits per heavy atom. The molecule has 2 heterocycles. The number of para-hydroxylation sites is 1. The second-order valence-electron chi connectivity index (χ2n) is 6.14. The molecule has 1 aliphatic heterocycles. The van der Waals surface area contributed by atoms with E-state index in [9.17, 15) is 0 Å². The number of nitrogens with zero attached hydrogens (tertiary/aromatic N) is 1. The summed E-state index contributed by atoms with van der Waals surface area (Å²) in [7, 11) is 0. The zero-order valence-corrected chi connectivity index (χ0v) is 13.2. The predicted octanol–water partition coefficient (Wildman–Crippen LogP) is 4.81. The minimum atomic E-state index is 0.601. The molecule has 1 aliphatic rings. The molecule has 2 aromatic carbocycles. The molecule has 1 fully saturated rings. The van der Waals surface area contributed by atoms with Gasteiger partial charge >= 0.3 is 0 Å². The lowest BCUT2D eigenvalue weighted by Crippen LogP contribution is -2.19. The number of aromatic nitrogens is 1. The largest absolute Gasteiger partial charge is 0.361 e. The molecular formula is C19H19ClN2. The third-order valence-electron chi connectivity index (χ3n) is 4.66. The molecule has 1 atom stereocenters. The summed E-state index contributed by atoms with van der Waals surface area (Å²) in [5, 5.41) is 2.18. The SMILES string of the molecule is Clc1cccc(C2CCN(Cc3c[nH]c4ccccc34)C2)c1. The van der Waals surface area contributed by atoms with Gasteiger partial charge in [0.1, 0.15) is 0 Å². The van der Waals surface area contributed by atoms with Gasteiger partial charge in [0, 0.05) is 35.2 Å². The first-order valence-corrected chi connectivity index (χ1v) is 8.20. The Hall–Kier alpha value is -1.77. The molecule has 0 spiro atoms. The van der Waals surface area contributed by atoms with Crippen LogP contribution in [0.3, 0.4) is 0 Å². The summed E-state index contributed by atoms with van der Waals surface area (Å²) in [5.41, 5.74) is 3.99. The van der Waals surface area contributed by atoms with E-state index in [4.69, 9.17) is 11.6 Å². The van der Waals surface area contributed by atoms with Crippen molar-refractivity contribution in [3.63, 3.8) is 0 Å². The first-order chi connectivity index (χ1) is 10.8. The van der Waals surface area contributed by atoms with Crippen molar-refractivity contribution >= 4 is 22.5 Å². The summed E-state index contributed by atoms with van der Waals surface area (Å²) in [6, 6.07) is 16.8. The van der Waals surface area contributed by atoms with E-state index in [-0.39, 0.29) is 0 Å². The number of benzene rings is 2. The minimum absolute atomic E-state index is 0.601. The molecule has 1 unspecified atom stereocenters. The molecular weight excluding hydrogens is 292 g/mol. The number of nitrogens with one attached hydrogen (secondary N) is 1. The molecule has 4 rings (SSSR count). The van der Waals surface area contributed by atoms with E-state index >= 15 is 0 Å². The molecule has 22 heavy (non-hydrogen) atoms. The Bertz CT molecular complexity index is 793. The van der Waals surface area contributed by atoms with E-state index in [0.717, 1.165) is 24.7 Å². The fourth-order valence-electron chi connectivity index (χ4n) is 3.51. The van der Waals surface area contributed by atoms with E-state index in [2.05, 4.69) is 58.5 Å². The Morgan fingerprint density at radius 1 is 1.14 bits per heavy atom. The van der Waals surface area contributed by atoms with E-state index in [1.807, 2.05) is 6.07 Å². The Balaban J connectivity index is 1.49. The molecule has 1 N–H and O–H groups in total.